The first kappa shape index (κ1) is 21.5. The molecule has 2 heterocycles. The Kier molecular flexibility index (Phi) is 6.40. The monoisotopic (exact) mass is 420 g/mol. The normalized spacial score (nSPS) is 16.1. The number of anilines is 1. The lowest BCUT2D eigenvalue weighted by atomic mass is 10.1. The van der Waals surface area contributed by atoms with E-state index >= 15 is 0 Å². The first-order valence-corrected chi connectivity index (χ1v) is 11.1. The van der Waals surface area contributed by atoms with Gasteiger partial charge in [-0.05, 0) is 38.8 Å². The van der Waals surface area contributed by atoms with Gasteiger partial charge in [0.1, 0.15) is 5.76 Å². The summed E-state index contributed by atoms with van der Waals surface area (Å²) in [6.45, 7) is 10.0. The van der Waals surface area contributed by atoms with E-state index in [2.05, 4.69) is 15.4 Å². The summed E-state index contributed by atoms with van der Waals surface area (Å²) in [4.78, 5) is 14.6. The van der Waals surface area contributed by atoms with E-state index < -0.39 is 10.0 Å². The molecule has 1 fully saturated rings. The standard InChI is InChI=1S/C20H28N4O4S/c1-14-11-15(2)20(16(3)12-14)29(26,27)24-9-7-23(8-10-24)6-5-19(25)21-18-13-17(4)28-22-18/h11-13H,5-10H2,1-4H3,(H,21,22,25). The average Bonchev–Trinajstić information content (AvgIpc) is 3.04. The molecule has 0 aliphatic carbocycles. The number of benzene rings is 1. The number of carbonyl (C=O) groups excluding carboxylic acids is 1. The molecule has 0 saturated carbocycles. The summed E-state index contributed by atoms with van der Waals surface area (Å²) >= 11 is 0. The molecule has 158 valence electrons. The number of carbonyl (C=O) groups is 1. The van der Waals surface area contributed by atoms with Crippen molar-refractivity contribution in [2.45, 2.75) is 39.0 Å². The number of nitrogens with one attached hydrogen (secondary N) is 1. The fraction of sp³-hybridized carbons (Fsp3) is 0.500. The van der Waals surface area contributed by atoms with Crippen LogP contribution in [0.1, 0.15) is 28.9 Å². The van der Waals surface area contributed by atoms with Crippen molar-refractivity contribution in [3.05, 3.63) is 40.6 Å². The van der Waals surface area contributed by atoms with E-state index in [0.29, 0.717) is 55.6 Å². The fourth-order valence-electron chi connectivity index (χ4n) is 3.79. The largest absolute Gasteiger partial charge is 0.360 e. The maximum atomic E-state index is 13.1. The number of nitrogens with zero attached hydrogens (tertiary/aromatic N) is 3. The van der Waals surface area contributed by atoms with Crippen molar-refractivity contribution >= 4 is 21.7 Å². The Balaban J connectivity index is 1.54. The molecular formula is C20H28N4O4S. The van der Waals surface area contributed by atoms with Gasteiger partial charge >= 0.3 is 0 Å². The van der Waals surface area contributed by atoms with Crippen molar-refractivity contribution in [2.75, 3.05) is 38.0 Å². The van der Waals surface area contributed by atoms with Gasteiger partial charge in [-0.3, -0.25) is 4.79 Å². The minimum Gasteiger partial charge on any atom is -0.360 e. The summed E-state index contributed by atoms with van der Waals surface area (Å²) in [5.74, 6) is 0.906. The highest BCUT2D eigenvalue weighted by Gasteiger charge is 2.30. The molecule has 29 heavy (non-hydrogen) atoms. The van der Waals surface area contributed by atoms with Crippen LogP contribution in [0.5, 0.6) is 0 Å². The van der Waals surface area contributed by atoms with E-state index in [9.17, 15) is 13.2 Å². The zero-order valence-electron chi connectivity index (χ0n) is 17.4. The van der Waals surface area contributed by atoms with Crippen LogP contribution >= 0.6 is 0 Å². The first-order chi connectivity index (χ1) is 13.7. The Morgan fingerprint density at radius 3 is 2.24 bits per heavy atom. The van der Waals surface area contributed by atoms with E-state index in [1.165, 1.54) is 0 Å². The third kappa shape index (κ3) is 5.04. The second kappa shape index (κ2) is 8.64. The lowest BCUT2D eigenvalue weighted by Gasteiger charge is -2.34. The number of rotatable bonds is 6. The minimum atomic E-state index is -3.52. The van der Waals surface area contributed by atoms with E-state index in [4.69, 9.17) is 4.52 Å². The molecule has 1 aliphatic rings. The molecule has 1 amide bonds. The van der Waals surface area contributed by atoms with E-state index in [1.54, 1.807) is 17.3 Å². The summed E-state index contributed by atoms with van der Waals surface area (Å²) in [6, 6.07) is 5.48. The van der Waals surface area contributed by atoms with Crippen LogP contribution < -0.4 is 5.32 Å². The second-order valence-corrected chi connectivity index (χ2v) is 9.47. The number of piperazine rings is 1. The van der Waals surface area contributed by atoms with Gasteiger partial charge in [0.15, 0.2) is 5.82 Å². The van der Waals surface area contributed by atoms with Gasteiger partial charge in [0, 0.05) is 45.2 Å². The Hall–Kier alpha value is -2.23. The predicted octanol–water partition coefficient (Wildman–Crippen LogP) is 2.24. The molecule has 0 bridgehead atoms. The summed E-state index contributed by atoms with van der Waals surface area (Å²) in [7, 11) is -3.52. The maximum absolute atomic E-state index is 13.1. The van der Waals surface area contributed by atoms with Gasteiger partial charge in [-0.1, -0.05) is 22.9 Å². The molecule has 9 heteroatoms. The molecule has 0 spiro atoms. The van der Waals surface area contributed by atoms with E-state index in [-0.39, 0.29) is 5.91 Å². The summed E-state index contributed by atoms with van der Waals surface area (Å²) in [5.41, 5.74) is 2.62. The zero-order chi connectivity index (χ0) is 21.2. The first-order valence-electron chi connectivity index (χ1n) is 9.70. The van der Waals surface area contributed by atoms with Crippen LogP contribution in [-0.4, -0.2) is 61.4 Å². The molecule has 1 N–H and O–H groups in total. The fourth-order valence-corrected chi connectivity index (χ4v) is 5.62. The summed E-state index contributed by atoms with van der Waals surface area (Å²) in [5, 5.41) is 6.44. The number of sulfonamides is 1. The van der Waals surface area contributed by atoms with Crippen LogP contribution in [-0.2, 0) is 14.8 Å². The number of aryl methyl sites for hydroxylation is 4. The Labute approximate surface area is 171 Å². The third-order valence-corrected chi connectivity index (χ3v) is 7.29. The van der Waals surface area contributed by atoms with Gasteiger partial charge in [-0.15, -0.1) is 0 Å². The topological polar surface area (TPSA) is 95.8 Å². The van der Waals surface area contributed by atoms with Crippen molar-refractivity contribution in [3.8, 4) is 0 Å². The highest BCUT2D eigenvalue weighted by molar-refractivity contribution is 7.89. The van der Waals surface area contributed by atoms with Gasteiger partial charge in [0.25, 0.3) is 0 Å². The molecule has 1 aliphatic heterocycles. The van der Waals surface area contributed by atoms with Crippen LogP contribution in [0.4, 0.5) is 5.82 Å². The Bertz CT molecular complexity index is 969. The van der Waals surface area contributed by atoms with Crippen LogP contribution in [0, 0.1) is 27.7 Å². The molecular weight excluding hydrogens is 392 g/mol. The summed E-state index contributed by atoms with van der Waals surface area (Å²) < 4.78 is 32.8. The second-order valence-electron chi connectivity index (χ2n) is 7.59. The number of amides is 1. The molecule has 0 radical (unpaired) electrons. The van der Waals surface area contributed by atoms with Crippen molar-refractivity contribution in [1.29, 1.82) is 0 Å². The number of aromatic nitrogens is 1. The van der Waals surface area contributed by atoms with Gasteiger partial charge in [-0.25, -0.2) is 8.42 Å². The highest BCUT2D eigenvalue weighted by Crippen LogP contribution is 2.26. The Morgan fingerprint density at radius 2 is 1.69 bits per heavy atom. The van der Waals surface area contributed by atoms with Gasteiger partial charge in [-0.2, -0.15) is 4.31 Å². The number of hydrogen-bond acceptors (Lipinski definition) is 6. The van der Waals surface area contributed by atoms with Gasteiger partial charge in [0.2, 0.25) is 15.9 Å². The van der Waals surface area contributed by atoms with Crippen LogP contribution in [0.2, 0.25) is 0 Å². The molecule has 2 aromatic rings. The van der Waals surface area contributed by atoms with Crippen molar-refractivity contribution in [3.63, 3.8) is 0 Å². The molecule has 3 rings (SSSR count). The maximum Gasteiger partial charge on any atom is 0.243 e. The van der Waals surface area contributed by atoms with Crippen LogP contribution in [0.15, 0.2) is 27.6 Å². The SMILES string of the molecule is Cc1cc(C)c(S(=O)(=O)N2CCN(CCC(=O)Nc3cc(C)on3)CC2)c(C)c1. The molecule has 1 aromatic heterocycles. The molecule has 1 saturated heterocycles. The quantitative estimate of drug-likeness (QED) is 0.770. The van der Waals surface area contributed by atoms with Crippen LogP contribution in [0.25, 0.3) is 0 Å². The zero-order valence-corrected chi connectivity index (χ0v) is 18.2. The summed E-state index contributed by atoms with van der Waals surface area (Å²) in [6.07, 6.45) is 0.314. The van der Waals surface area contributed by atoms with Crippen molar-refractivity contribution in [2.24, 2.45) is 0 Å². The molecule has 1 aromatic carbocycles. The average molecular weight is 421 g/mol. The lowest BCUT2D eigenvalue weighted by Crippen LogP contribution is -2.49. The lowest BCUT2D eigenvalue weighted by molar-refractivity contribution is -0.116. The molecule has 0 atom stereocenters. The smallest absolute Gasteiger partial charge is 0.243 e. The Morgan fingerprint density at radius 1 is 1.07 bits per heavy atom. The number of hydrogen-bond donors (Lipinski definition) is 1. The van der Waals surface area contributed by atoms with Gasteiger partial charge < -0.3 is 14.7 Å². The van der Waals surface area contributed by atoms with Crippen molar-refractivity contribution in [1.82, 2.24) is 14.4 Å². The highest BCUT2D eigenvalue weighted by atomic mass is 32.2. The van der Waals surface area contributed by atoms with Gasteiger partial charge in [0.05, 0.1) is 4.90 Å². The molecule has 8 nitrogen and oxygen atoms in total. The molecule has 0 unspecified atom stereocenters. The van der Waals surface area contributed by atoms with Crippen molar-refractivity contribution < 1.29 is 17.7 Å². The van der Waals surface area contributed by atoms with E-state index in [1.807, 2.05) is 32.9 Å². The van der Waals surface area contributed by atoms with E-state index in [0.717, 1.165) is 16.7 Å². The predicted molar refractivity (Wildman–Crippen MR) is 110 cm³/mol. The van der Waals surface area contributed by atoms with Crippen LogP contribution in [0.3, 0.4) is 0 Å². The third-order valence-electron chi connectivity index (χ3n) is 5.08. The minimum absolute atomic E-state index is 0.140.